The molecule has 5 heteroatoms. The number of hydrogen-bond acceptors (Lipinski definition) is 3. The van der Waals surface area contributed by atoms with Crippen molar-refractivity contribution in [2.24, 2.45) is 5.10 Å². The van der Waals surface area contributed by atoms with E-state index in [0.717, 1.165) is 21.2 Å². The van der Waals surface area contributed by atoms with Crippen molar-refractivity contribution in [3.05, 3.63) is 63.6 Å². The lowest BCUT2D eigenvalue weighted by Gasteiger charge is -2.08. The number of amides is 1. The van der Waals surface area contributed by atoms with Gasteiger partial charge in [0.1, 0.15) is 5.75 Å². The highest BCUT2D eigenvalue weighted by Crippen LogP contribution is 2.18. The number of carbonyl (C=O) groups is 1. The van der Waals surface area contributed by atoms with Gasteiger partial charge in [-0.3, -0.25) is 4.79 Å². The lowest BCUT2D eigenvalue weighted by atomic mass is 10.1. The van der Waals surface area contributed by atoms with E-state index in [1.54, 1.807) is 6.21 Å². The average molecular weight is 361 g/mol. The van der Waals surface area contributed by atoms with Crippen molar-refractivity contribution in [2.45, 2.75) is 13.8 Å². The molecule has 0 aliphatic carbocycles. The Balaban J connectivity index is 1.83. The number of nitrogens with one attached hydrogen (secondary N) is 1. The highest BCUT2D eigenvalue weighted by Gasteiger charge is 2.04. The molecule has 0 saturated heterocycles. The number of benzene rings is 2. The first-order chi connectivity index (χ1) is 10.5. The van der Waals surface area contributed by atoms with Crippen molar-refractivity contribution < 1.29 is 9.53 Å². The van der Waals surface area contributed by atoms with Crippen molar-refractivity contribution in [1.82, 2.24) is 5.43 Å². The Bertz CT molecular complexity index is 682. The predicted molar refractivity (Wildman–Crippen MR) is 91.3 cm³/mol. The number of halogens is 1. The van der Waals surface area contributed by atoms with Crippen LogP contribution in [0.25, 0.3) is 0 Å². The summed E-state index contributed by atoms with van der Waals surface area (Å²) in [6, 6.07) is 13.5. The number of nitrogens with zero attached hydrogens (tertiary/aromatic N) is 1. The van der Waals surface area contributed by atoms with Crippen molar-refractivity contribution >= 4 is 28.1 Å². The van der Waals surface area contributed by atoms with Crippen LogP contribution in [-0.2, 0) is 4.79 Å². The smallest absolute Gasteiger partial charge is 0.277 e. The largest absolute Gasteiger partial charge is 0.483 e. The molecule has 0 aliphatic heterocycles. The molecule has 2 rings (SSSR count). The Kier molecular flexibility index (Phi) is 5.72. The zero-order valence-electron chi connectivity index (χ0n) is 12.5. The molecule has 0 radical (unpaired) electrons. The van der Waals surface area contributed by atoms with Gasteiger partial charge in [0, 0.05) is 4.47 Å². The van der Waals surface area contributed by atoms with Crippen molar-refractivity contribution in [3.8, 4) is 5.75 Å². The number of carbonyl (C=O) groups excluding carboxylic acids is 1. The molecule has 0 aliphatic rings. The molecule has 0 heterocycles. The van der Waals surface area contributed by atoms with Crippen molar-refractivity contribution in [3.63, 3.8) is 0 Å². The lowest BCUT2D eigenvalue weighted by Crippen LogP contribution is -2.24. The fourth-order valence-electron chi connectivity index (χ4n) is 1.77. The fraction of sp³-hybridized carbons (Fsp3) is 0.176. The summed E-state index contributed by atoms with van der Waals surface area (Å²) in [5.41, 5.74) is 5.43. The Labute approximate surface area is 138 Å². The first-order valence-electron chi connectivity index (χ1n) is 6.82. The van der Waals surface area contributed by atoms with Crippen LogP contribution >= 0.6 is 15.9 Å². The van der Waals surface area contributed by atoms with Gasteiger partial charge in [-0.1, -0.05) is 40.2 Å². The summed E-state index contributed by atoms with van der Waals surface area (Å²) in [7, 11) is 0. The molecule has 0 aromatic heterocycles. The summed E-state index contributed by atoms with van der Waals surface area (Å²) < 4.78 is 6.50. The molecule has 0 unspecified atom stereocenters. The first kappa shape index (κ1) is 16.2. The molecule has 22 heavy (non-hydrogen) atoms. The van der Waals surface area contributed by atoms with Crippen LogP contribution in [0.1, 0.15) is 16.7 Å². The molecule has 0 bridgehead atoms. The Morgan fingerprint density at radius 1 is 1.23 bits per heavy atom. The van der Waals surface area contributed by atoms with Gasteiger partial charge < -0.3 is 4.74 Å². The minimum absolute atomic E-state index is 0.0675. The van der Waals surface area contributed by atoms with Gasteiger partial charge in [-0.15, -0.1) is 0 Å². The predicted octanol–water partition coefficient (Wildman–Crippen LogP) is 3.60. The van der Waals surface area contributed by atoms with Gasteiger partial charge in [0.25, 0.3) is 5.91 Å². The molecule has 0 atom stereocenters. The highest BCUT2D eigenvalue weighted by molar-refractivity contribution is 9.10. The average Bonchev–Trinajstić information content (AvgIpc) is 2.50. The van der Waals surface area contributed by atoms with Crippen LogP contribution in [0.2, 0.25) is 0 Å². The monoisotopic (exact) mass is 360 g/mol. The number of hydrazone groups is 1. The van der Waals surface area contributed by atoms with Crippen LogP contribution in [0.15, 0.2) is 52.0 Å². The van der Waals surface area contributed by atoms with Gasteiger partial charge in [-0.25, -0.2) is 5.43 Å². The summed E-state index contributed by atoms with van der Waals surface area (Å²) in [5, 5.41) is 3.90. The minimum Gasteiger partial charge on any atom is -0.483 e. The van der Waals surface area contributed by atoms with E-state index in [9.17, 15) is 4.79 Å². The van der Waals surface area contributed by atoms with Crippen LogP contribution < -0.4 is 10.2 Å². The lowest BCUT2D eigenvalue weighted by molar-refractivity contribution is -0.123. The second-order valence-electron chi connectivity index (χ2n) is 4.90. The third-order valence-electron chi connectivity index (χ3n) is 2.98. The highest BCUT2D eigenvalue weighted by atomic mass is 79.9. The van der Waals surface area contributed by atoms with E-state index in [4.69, 9.17) is 4.74 Å². The van der Waals surface area contributed by atoms with Crippen molar-refractivity contribution in [2.75, 3.05) is 6.61 Å². The molecule has 114 valence electrons. The van der Waals surface area contributed by atoms with Gasteiger partial charge >= 0.3 is 0 Å². The summed E-state index contributed by atoms with van der Waals surface area (Å²) in [5.74, 6) is 0.418. The summed E-state index contributed by atoms with van der Waals surface area (Å²) in [6.45, 7) is 3.86. The van der Waals surface area contributed by atoms with Crippen LogP contribution in [0.5, 0.6) is 5.75 Å². The maximum absolute atomic E-state index is 11.7. The van der Waals surface area contributed by atoms with E-state index in [-0.39, 0.29) is 12.5 Å². The van der Waals surface area contributed by atoms with Gasteiger partial charge in [-0.2, -0.15) is 5.10 Å². The first-order valence-corrected chi connectivity index (χ1v) is 7.61. The topological polar surface area (TPSA) is 50.7 Å². The SMILES string of the molecule is Cc1ccc(C)c(OCC(=O)N/N=C\c2ccc(Br)cc2)c1. The Morgan fingerprint density at radius 2 is 1.95 bits per heavy atom. The maximum atomic E-state index is 11.7. The molecular formula is C17H17BrN2O2. The number of rotatable bonds is 5. The zero-order valence-corrected chi connectivity index (χ0v) is 14.1. The molecule has 0 spiro atoms. The summed E-state index contributed by atoms with van der Waals surface area (Å²) in [6.07, 6.45) is 1.59. The quantitative estimate of drug-likeness (QED) is 0.654. The standard InChI is InChI=1S/C17H17BrN2O2/c1-12-3-4-13(2)16(9-12)22-11-17(21)20-19-10-14-5-7-15(18)8-6-14/h3-10H,11H2,1-2H3,(H,20,21)/b19-10-. The van der Waals surface area contributed by atoms with Crippen LogP contribution in [0.3, 0.4) is 0 Å². The van der Waals surface area contributed by atoms with Crippen LogP contribution in [-0.4, -0.2) is 18.7 Å². The third-order valence-corrected chi connectivity index (χ3v) is 3.50. The molecule has 0 saturated carbocycles. The zero-order chi connectivity index (χ0) is 15.9. The second-order valence-corrected chi connectivity index (χ2v) is 5.82. The van der Waals surface area contributed by atoms with E-state index >= 15 is 0 Å². The maximum Gasteiger partial charge on any atom is 0.277 e. The summed E-state index contributed by atoms with van der Waals surface area (Å²) >= 11 is 3.36. The molecule has 1 N–H and O–H groups in total. The molecule has 2 aromatic carbocycles. The van der Waals surface area contributed by atoms with Gasteiger partial charge in [0.2, 0.25) is 0 Å². The fourth-order valence-corrected chi connectivity index (χ4v) is 2.03. The number of hydrogen-bond donors (Lipinski definition) is 1. The van der Waals surface area contributed by atoms with E-state index in [0.29, 0.717) is 5.75 Å². The van der Waals surface area contributed by atoms with E-state index < -0.39 is 0 Å². The molecular weight excluding hydrogens is 344 g/mol. The van der Waals surface area contributed by atoms with Gasteiger partial charge in [0.05, 0.1) is 6.21 Å². The van der Waals surface area contributed by atoms with Crippen LogP contribution in [0, 0.1) is 13.8 Å². The summed E-state index contributed by atoms with van der Waals surface area (Å²) in [4.78, 5) is 11.7. The van der Waals surface area contributed by atoms with E-state index in [2.05, 4.69) is 26.5 Å². The Hall–Kier alpha value is -2.14. The van der Waals surface area contributed by atoms with Gasteiger partial charge in [0.15, 0.2) is 6.61 Å². The molecule has 2 aromatic rings. The number of ether oxygens (including phenoxy) is 1. The minimum atomic E-state index is -0.297. The van der Waals surface area contributed by atoms with Crippen molar-refractivity contribution in [1.29, 1.82) is 0 Å². The molecule has 0 fully saturated rings. The number of aryl methyl sites for hydroxylation is 2. The van der Waals surface area contributed by atoms with Gasteiger partial charge in [-0.05, 0) is 48.7 Å². The second kappa shape index (κ2) is 7.75. The van der Waals surface area contributed by atoms with E-state index in [1.165, 1.54) is 0 Å². The molecule has 1 amide bonds. The van der Waals surface area contributed by atoms with E-state index in [1.807, 2.05) is 56.3 Å². The Morgan fingerprint density at radius 3 is 2.68 bits per heavy atom. The third kappa shape index (κ3) is 5.00. The van der Waals surface area contributed by atoms with Crippen LogP contribution in [0.4, 0.5) is 0 Å². The molecule has 4 nitrogen and oxygen atoms in total. The normalized spacial score (nSPS) is 10.7.